The third kappa shape index (κ3) is 2.35. The van der Waals surface area contributed by atoms with Gasteiger partial charge >= 0.3 is 0 Å². The average molecular weight is 290 g/mol. The Bertz CT molecular complexity index is 547. The van der Waals surface area contributed by atoms with Gasteiger partial charge in [0.15, 0.2) is 11.6 Å². The predicted octanol–water partition coefficient (Wildman–Crippen LogP) is 0.440. The van der Waals surface area contributed by atoms with Crippen LogP contribution in [0.4, 0.5) is 17.6 Å². The molecule has 4 N–H and O–H groups in total. The Morgan fingerprint density at radius 2 is 2.19 bits per heavy atom. The summed E-state index contributed by atoms with van der Waals surface area (Å²) in [6.07, 6.45) is 3.66. The quantitative estimate of drug-likeness (QED) is 0.744. The molecule has 0 radical (unpaired) electrons. The molecule has 0 amide bonds. The first-order valence-electron chi connectivity index (χ1n) is 7.73. The summed E-state index contributed by atoms with van der Waals surface area (Å²) in [5.41, 5.74) is 5.89. The normalized spacial score (nSPS) is 28.0. The van der Waals surface area contributed by atoms with Gasteiger partial charge in [-0.05, 0) is 32.2 Å². The standard InChI is InChI=1S/C14H22N6O/c1-16-9-4-5-20(6-9)13-11-12(18-14(15)19-13)17-10(7-21-11)8-2-3-8/h8-10,16H,2-7H2,1H3,(H3,15,17,18,19)/t9-,10+/m1/s1. The van der Waals surface area contributed by atoms with Crippen LogP contribution in [0.5, 0.6) is 5.75 Å². The summed E-state index contributed by atoms with van der Waals surface area (Å²) in [7, 11) is 2.00. The van der Waals surface area contributed by atoms with Crippen LogP contribution in [0.15, 0.2) is 0 Å². The van der Waals surface area contributed by atoms with E-state index in [0.29, 0.717) is 24.6 Å². The molecule has 0 bridgehead atoms. The fourth-order valence-electron chi connectivity index (χ4n) is 3.23. The van der Waals surface area contributed by atoms with Gasteiger partial charge in [-0.1, -0.05) is 0 Å². The number of nitrogens with one attached hydrogen (secondary N) is 2. The number of nitrogens with zero attached hydrogens (tertiary/aromatic N) is 3. The lowest BCUT2D eigenvalue weighted by molar-refractivity contribution is 0.270. The molecule has 3 aliphatic rings. The van der Waals surface area contributed by atoms with Crippen molar-refractivity contribution in [2.45, 2.75) is 31.3 Å². The van der Waals surface area contributed by atoms with E-state index in [1.165, 1.54) is 12.8 Å². The average Bonchev–Trinajstić information content (AvgIpc) is 3.23. The van der Waals surface area contributed by atoms with Crippen molar-refractivity contribution in [3.05, 3.63) is 0 Å². The van der Waals surface area contributed by atoms with Gasteiger partial charge in [-0.15, -0.1) is 0 Å². The first-order chi connectivity index (χ1) is 10.2. The third-order valence-corrected chi connectivity index (χ3v) is 4.68. The van der Waals surface area contributed by atoms with Crippen molar-refractivity contribution in [3.63, 3.8) is 0 Å². The first-order valence-corrected chi connectivity index (χ1v) is 7.73. The van der Waals surface area contributed by atoms with Crippen molar-refractivity contribution in [2.75, 3.05) is 42.7 Å². The van der Waals surface area contributed by atoms with Crippen molar-refractivity contribution >= 4 is 17.6 Å². The maximum Gasteiger partial charge on any atom is 0.224 e. The van der Waals surface area contributed by atoms with Crippen LogP contribution in [0.2, 0.25) is 0 Å². The molecule has 3 heterocycles. The maximum absolute atomic E-state index is 6.00. The van der Waals surface area contributed by atoms with E-state index in [9.17, 15) is 0 Å². The Morgan fingerprint density at radius 1 is 1.33 bits per heavy atom. The van der Waals surface area contributed by atoms with Crippen molar-refractivity contribution in [2.24, 2.45) is 5.92 Å². The zero-order chi connectivity index (χ0) is 14.4. The Morgan fingerprint density at radius 3 is 2.90 bits per heavy atom. The number of fused-ring (bicyclic) bond motifs is 1. The molecule has 1 saturated heterocycles. The lowest BCUT2D eigenvalue weighted by Crippen LogP contribution is -2.36. The number of nitrogen functional groups attached to an aromatic ring is 1. The van der Waals surface area contributed by atoms with Gasteiger partial charge in [0.2, 0.25) is 11.7 Å². The molecule has 1 aliphatic carbocycles. The summed E-state index contributed by atoms with van der Waals surface area (Å²) in [6, 6.07) is 0.857. The number of aromatic nitrogens is 2. The molecular formula is C14H22N6O. The minimum atomic E-state index is 0.309. The molecule has 0 aromatic carbocycles. The highest BCUT2D eigenvalue weighted by molar-refractivity contribution is 5.69. The van der Waals surface area contributed by atoms with E-state index in [1.807, 2.05) is 7.05 Å². The van der Waals surface area contributed by atoms with Gasteiger partial charge < -0.3 is 26.0 Å². The Labute approximate surface area is 124 Å². The fraction of sp³-hybridized carbons (Fsp3) is 0.714. The predicted molar refractivity (Wildman–Crippen MR) is 81.8 cm³/mol. The molecule has 1 aromatic heterocycles. The van der Waals surface area contributed by atoms with Crippen molar-refractivity contribution < 1.29 is 4.74 Å². The summed E-state index contributed by atoms with van der Waals surface area (Å²) < 4.78 is 6.00. The zero-order valence-corrected chi connectivity index (χ0v) is 12.3. The second-order valence-corrected chi connectivity index (χ2v) is 6.20. The Kier molecular flexibility index (Phi) is 3.02. The van der Waals surface area contributed by atoms with Gasteiger partial charge in [-0.3, -0.25) is 0 Å². The third-order valence-electron chi connectivity index (χ3n) is 4.68. The van der Waals surface area contributed by atoms with Gasteiger partial charge in [0.25, 0.3) is 0 Å². The van der Waals surface area contributed by atoms with Gasteiger partial charge in [0.1, 0.15) is 6.61 Å². The number of nitrogens with two attached hydrogens (primary N) is 1. The zero-order valence-electron chi connectivity index (χ0n) is 12.3. The van der Waals surface area contributed by atoms with Crippen molar-refractivity contribution in [3.8, 4) is 5.75 Å². The summed E-state index contributed by atoms with van der Waals surface area (Å²) in [5, 5.41) is 6.81. The van der Waals surface area contributed by atoms with Gasteiger partial charge in [0, 0.05) is 19.1 Å². The van der Waals surface area contributed by atoms with Gasteiger partial charge in [-0.2, -0.15) is 9.97 Å². The second kappa shape index (κ2) is 4.91. The second-order valence-electron chi connectivity index (χ2n) is 6.20. The molecular weight excluding hydrogens is 268 g/mol. The van der Waals surface area contributed by atoms with E-state index in [-0.39, 0.29) is 0 Å². The highest BCUT2D eigenvalue weighted by atomic mass is 16.5. The molecule has 2 fully saturated rings. The molecule has 1 saturated carbocycles. The summed E-state index contributed by atoms with van der Waals surface area (Å²) in [4.78, 5) is 11.0. The van der Waals surface area contributed by atoms with E-state index >= 15 is 0 Å². The number of anilines is 3. The minimum absolute atomic E-state index is 0.309. The van der Waals surface area contributed by atoms with Crippen LogP contribution in [-0.2, 0) is 0 Å². The van der Waals surface area contributed by atoms with Crippen LogP contribution in [0.3, 0.4) is 0 Å². The molecule has 0 spiro atoms. The smallest absolute Gasteiger partial charge is 0.224 e. The maximum atomic E-state index is 6.00. The van der Waals surface area contributed by atoms with Crippen LogP contribution in [0.1, 0.15) is 19.3 Å². The van der Waals surface area contributed by atoms with Crippen LogP contribution < -0.4 is 26.0 Å². The van der Waals surface area contributed by atoms with E-state index in [0.717, 1.165) is 42.8 Å². The van der Waals surface area contributed by atoms with E-state index in [1.54, 1.807) is 0 Å². The van der Waals surface area contributed by atoms with Gasteiger partial charge in [-0.25, -0.2) is 0 Å². The summed E-state index contributed by atoms with van der Waals surface area (Å²) >= 11 is 0. The molecule has 7 nitrogen and oxygen atoms in total. The van der Waals surface area contributed by atoms with Crippen molar-refractivity contribution in [1.29, 1.82) is 0 Å². The molecule has 0 unspecified atom stereocenters. The Balaban J connectivity index is 1.62. The molecule has 7 heteroatoms. The molecule has 1 aromatic rings. The lowest BCUT2D eigenvalue weighted by atomic mass is 10.2. The summed E-state index contributed by atoms with van der Waals surface area (Å²) in [6.45, 7) is 2.58. The number of likely N-dealkylation sites (N-methyl/N-ethyl adjacent to an activating group) is 1. The van der Waals surface area contributed by atoms with E-state index in [4.69, 9.17) is 10.5 Å². The summed E-state index contributed by atoms with van der Waals surface area (Å²) in [5.74, 6) is 3.38. The monoisotopic (exact) mass is 290 g/mol. The number of hydrogen-bond donors (Lipinski definition) is 3. The fourth-order valence-corrected chi connectivity index (χ4v) is 3.23. The number of rotatable bonds is 3. The van der Waals surface area contributed by atoms with E-state index in [2.05, 4.69) is 25.5 Å². The Hall–Kier alpha value is -1.76. The van der Waals surface area contributed by atoms with Crippen LogP contribution >= 0.6 is 0 Å². The highest BCUT2D eigenvalue weighted by Crippen LogP contribution is 2.42. The highest BCUT2D eigenvalue weighted by Gasteiger charge is 2.37. The topological polar surface area (TPSA) is 88.3 Å². The van der Waals surface area contributed by atoms with Crippen molar-refractivity contribution in [1.82, 2.24) is 15.3 Å². The van der Waals surface area contributed by atoms with Crippen LogP contribution in [-0.4, -0.2) is 48.8 Å². The SMILES string of the molecule is CN[C@@H]1CCN(c2nc(N)nc3c2OC[C@@H](C2CC2)N3)C1. The first kappa shape index (κ1) is 12.9. The molecule has 4 rings (SSSR count). The minimum Gasteiger partial charge on any atom is -0.484 e. The lowest BCUT2D eigenvalue weighted by Gasteiger charge is -2.30. The number of ether oxygens (including phenoxy) is 1. The van der Waals surface area contributed by atoms with Gasteiger partial charge in [0.05, 0.1) is 6.04 Å². The molecule has 2 atom stereocenters. The molecule has 21 heavy (non-hydrogen) atoms. The van der Waals surface area contributed by atoms with Crippen LogP contribution in [0, 0.1) is 5.92 Å². The molecule has 114 valence electrons. The molecule has 2 aliphatic heterocycles. The van der Waals surface area contributed by atoms with E-state index < -0.39 is 0 Å². The van der Waals surface area contributed by atoms with Crippen LogP contribution in [0.25, 0.3) is 0 Å². The number of hydrogen-bond acceptors (Lipinski definition) is 7. The largest absolute Gasteiger partial charge is 0.484 e.